The monoisotopic (exact) mass is 435 g/mol. The number of pyridine rings is 1. The van der Waals surface area contributed by atoms with Crippen LogP contribution in [0.2, 0.25) is 5.02 Å². The number of carbonyl (C=O) groups is 1. The lowest BCUT2D eigenvalue weighted by Crippen LogP contribution is -2.21. The third-order valence-electron chi connectivity index (χ3n) is 5.10. The average Bonchev–Trinajstić information content (AvgIpc) is 3.27. The quantitative estimate of drug-likeness (QED) is 0.414. The van der Waals surface area contributed by atoms with Crippen LogP contribution in [0, 0.1) is 16.7 Å². The second-order valence-electron chi connectivity index (χ2n) is 7.71. The van der Waals surface area contributed by atoms with Gasteiger partial charge in [-0.15, -0.1) is 0 Å². The van der Waals surface area contributed by atoms with Crippen LogP contribution in [0.3, 0.4) is 0 Å². The predicted octanol–water partition coefficient (Wildman–Crippen LogP) is 3.10. The maximum atomic E-state index is 13.1. The normalized spacial score (nSPS) is 16.8. The van der Waals surface area contributed by atoms with Gasteiger partial charge in [0.2, 0.25) is 5.91 Å². The highest BCUT2D eigenvalue weighted by molar-refractivity contribution is 6.33. The molecular formula is C20H18ClN9O. The lowest BCUT2D eigenvalue weighted by atomic mass is 9.88. The molecule has 3 aromatic rings. The molecule has 0 bridgehead atoms. The van der Waals surface area contributed by atoms with Crippen LogP contribution < -0.4 is 10.7 Å². The molecule has 1 unspecified atom stereocenters. The lowest BCUT2D eigenvalue weighted by Gasteiger charge is -2.19. The van der Waals surface area contributed by atoms with Gasteiger partial charge in [0.25, 0.3) is 0 Å². The van der Waals surface area contributed by atoms with E-state index in [0.717, 1.165) is 17.5 Å². The van der Waals surface area contributed by atoms with Gasteiger partial charge in [-0.1, -0.05) is 25.4 Å². The number of hydrazone groups is 1. The van der Waals surface area contributed by atoms with Gasteiger partial charge >= 0.3 is 0 Å². The highest BCUT2D eigenvalue weighted by atomic mass is 35.5. The van der Waals surface area contributed by atoms with Gasteiger partial charge in [0.05, 0.1) is 34.7 Å². The summed E-state index contributed by atoms with van der Waals surface area (Å²) in [6, 6.07) is 5.23. The number of hydrogen-bond acceptors (Lipinski definition) is 8. The fourth-order valence-electron chi connectivity index (χ4n) is 3.84. The molecule has 11 heteroatoms. The summed E-state index contributed by atoms with van der Waals surface area (Å²) in [5.74, 6) is -0.338. The van der Waals surface area contributed by atoms with Gasteiger partial charge in [-0.2, -0.15) is 15.5 Å². The highest BCUT2D eigenvalue weighted by Gasteiger charge is 2.43. The first-order chi connectivity index (χ1) is 14.8. The van der Waals surface area contributed by atoms with Crippen molar-refractivity contribution in [3.8, 4) is 6.07 Å². The molecule has 0 spiro atoms. The Bertz CT molecular complexity index is 1270. The number of carbonyl (C=O) groups excluding carboxylic acids is 1. The standard InChI is InChI=1S/C20H18ClN9O/c1-20(2)7-13(14-10-24-16-6-11(8-23)29-30(16)17(14)20)19(31)27-12-5-15(21)18(25-9-12)28-26-4-3-22/h3-6,9-10,13,22H,7H2,1-2H3,(H,25,28)(H,27,31)/b22-3?,26-4-. The van der Waals surface area contributed by atoms with E-state index in [9.17, 15) is 4.79 Å². The fraction of sp³-hybridized carbons (Fsp3) is 0.250. The van der Waals surface area contributed by atoms with Crippen LogP contribution in [0.1, 0.15) is 43.1 Å². The summed E-state index contributed by atoms with van der Waals surface area (Å²) in [6.07, 6.45) is 5.99. The topological polar surface area (TPSA) is 144 Å². The largest absolute Gasteiger partial charge is 0.324 e. The third kappa shape index (κ3) is 3.71. The van der Waals surface area contributed by atoms with Crippen molar-refractivity contribution in [3.63, 3.8) is 0 Å². The average molecular weight is 436 g/mol. The molecular weight excluding hydrogens is 418 g/mol. The van der Waals surface area contributed by atoms with Crippen LogP contribution in [-0.2, 0) is 10.2 Å². The number of nitrogens with zero attached hydrogens (tertiary/aromatic N) is 6. The van der Waals surface area contributed by atoms with Crippen molar-refractivity contribution in [2.75, 3.05) is 10.7 Å². The molecule has 0 saturated carbocycles. The summed E-state index contributed by atoms with van der Waals surface area (Å²) in [6.45, 7) is 4.08. The second-order valence-corrected chi connectivity index (χ2v) is 8.12. The van der Waals surface area contributed by atoms with E-state index < -0.39 is 5.92 Å². The molecule has 0 saturated heterocycles. The zero-order chi connectivity index (χ0) is 22.2. The molecule has 0 fully saturated rings. The second kappa shape index (κ2) is 7.77. The Morgan fingerprint density at radius 3 is 2.94 bits per heavy atom. The maximum absolute atomic E-state index is 13.1. The number of hydrogen-bond donors (Lipinski definition) is 3. The minimum atomic E-state index is -0.439. The summed E-state index contributed by atoms with van der Waals surface area (Å²) in [4.78, 5) is 21.7. The molecule has 0 radical (unpaired) electrons. The van der Waals surface area contributed by atoms with E-state index in [1.54, 1.807) is 22.8 Å². The molecule has 31 heavy (non-hydrogen) atoms. The van der Waals surface area contributed by atoms with Crippen molar-refractivity contribution in [3.05, 3.63) is 46.5 Å². The number of anilines is 2. The van der Waals surface area contributed by atoms with Crippen LogP contribution in [0.15, 0.2) is 29.6 Å². The van der Waals surface area contributed by atoms with Gasteiger partial charge in [-0.25, -0.2) is 14.5 Å². The molecule has 1 amide bonds. The summed E-state index contributed by atoms with van der Waals surface area (Å²) < 4.78 is 1.66. The smallest absolute Gasteiger partial charge is 0.232 e. The van der Waals surface area contributed by atoms with Gasteiger partial charge in [-0.05, 0) is 12.5 Å². The molecule has 3 N–H and O–H groups in total. The van der Waals surface area contributed by atoms with E-state index in [1.165, 1.54) is 12.4 Å². The van der Waals surface area contributed by atoms with Crippen molar-refractivity contribution in [1.82, 2.24) is 19.6 Å². The Morgan fingerprint density at radius 2 is 2.23 bits per heavy atom. The fourth-order valence-corrected chi connectivity index (χ4v) is 4.05. The third-order valence-corrected chi connectivity index (χ3v) is 5.39. The number of aromatic nitrogens is 4. The number of nitriles is 1. The number of nitrogens with one attached hydrogen (secondary N) is 3. The first-order valence-corrected chi connectivity index (χ1v) is 9.75. The summed E-state index contributed by atoms with van der Waals surface area (Å²) in [5.41, 5.74) is 5.24. The highest BCUT2D eigenvalue weighted by Crippen LogP contribution is 2.45. The van der Waals surface area contributed by atoms with Crippen LogP contribution in [-0.4, -0.2) is 37.9 Å². The molecule has 0 aliphatic heterocycles. The molecule has 1 atom stereocenters. The Balaban J connectivity index is 1.61. The number of amides is 1. The van der Waals surface area contributed by atoms with Crippen LogP contribution in [0.25, 0.3) is 5.65 Å². The Morgan fingerprint density at radius 1 is 1.42 bits per heavy atom. The molecule has 10 nitrogen and oxygen atoms in total. The summed E-state index contributed by atoms with van der Waals surface area (Å²) >= 11 is 6.20. The summed E-state index contributed by atoms with van der Waals surface area (Å²) in [5, 5.41) is 27.3. The van der Waals surface area contributed by atoms with Crippen LogP contribution >= 0.6 is 11.6 Å². The van der Waals surface area contributed by atoms with E-state index in [2.05, 4.69) is 30.9 Å². The Labute approximate surface area is 182 Å². The van der Waals surface area contributed by atoms with Gasteiger partial charge in [0.1, 0.15) is 6.07 Å². The van der Waals surface area contributed by atoms with E-state index in [-0.39, 0.29) is 22.0 Å². The summed E-state index contributed by atoms with van der Waals surface area (Å²) in [7, 11) is 0. The van der Waals surface area contributed by atoms with E-state index in [4.69, 9.17) is 22.3 Å². The zero-order valence-electron chi connectivity index (χ0n) is 16.7. The van der Waals surface area contributed by atoms with Crippen molar-refractivity contribution in [1.29, 1.82) is 10.7 Å². The van der Waals surface area contributed by atoms with Crippen molar-refractivity contribution >= 4 is 47.1 Å². The Hall–Kier alpha value is -3.84. The van der Waals surface area contributed by atoms with Crippen LogP contribution in [0.4, 0.5) is 11.5 Å². The van der Waals surface area contributed by atoms with Crippen molar-refractivity contribution in [2.45, 2.75) is 31.6 Å². The first-order valence-electron chi connectivity index (χ1n) is 9.38. The molecule has 1 aliphatic rings. The van der Waals surface area contributed by atoms with Crippen molar-refractivity contribution < 1.29 is 4.79 Å². The lowest BCUT2D eigenvalue weighted by molar-refractivity contribution is -0.117. The Kier molecular flexibility index (Phi) is 5.12. The van der Waals surface area contributed by atoms with Crippen LogP contribution in [0.5, 0.6) is 0 Å². The van der Waals surface area contributed by atoms with Gasteiger partial charge in [-0.3, -0.25) is 10.2 Å². The van der Waals surface area contributed by atoms with Gasteiger partial charge < -0.3 is 10.7 Å². The molecule has 1 aliphatic carbocycles. The van der Waals surface area contributed by atoms with E-state index in [0.29, 0.717) is 23.6 Å². The van der Waals surface area contributed by atoms with Gasteiger partial charge in [0, 0.05) is 29.5 Å². The van der Waals surface area contributed by atoms with E-state index >= 15 is 0 Å². The first kappa shape index (κ1) is 20.4. The van der Waals surface area contributed by atoms with Crippen molar-refractivity contribution in [2.24, 2.45) is 5.10 Å². The van der Waals surface area contributed by atoms with E-state index in [1.807, 2.05) is 19.9 Å². The maximum Gasteiger partial charge on any atom is 0.232 e. The molecule has 3 heterocycles. The van der Waals surface area contributed by atoms with Gasteiger partial charge in [0.15, 0.2) is 17.2 Å². The predicted molar refractivity (Wildman–Crippen MR) is 117 cm³/mol. The molecule has 3 aromatic heterocycles. The molecule has 0 aromatic carbocycles. The minimum Gasteiger partial charge on any atom is -0.324 e. The number of halogens is 1. The zero-order valence-corrected chi connectivity index (χ0v) is 17.5. The molecule has 4 rings (SSSR count). The number of rotatable bonds is 5. The number of fused-ring (bicyclic) bond motifs is 3. The minimum absolute atomic E-state index is 0.207. The molecule has 156 valence electrons. The SMILES string of the molecule is CC1(C)CC(C(=O)Nc2cnc(N/N=C\C=N)c(Cl)c2)c2cnc3cc(C#N)nn3c21.